The Kier molecular flexibility index (Phi) is 6.49. The monoisotopic (exact) mass is 326 g/mol. The molecule has 1 amide bonds. The third kappa shape index (κ3) is 4.91. The average Bonchev–Trinajstić information content (AvgIpc) is 2.63. The van der Waals surface area contributed by atoms with Gasteiger partial charge >= 0.3 is 5.97 Å². The van der Waals surface area contributed by atoms with Crippen LogP contribution in [0.1, 0.15) is 42.2 Å². The van der Waals surface area contributed by atoms with Crippen LogP contribution in [0.4, 0.5) is 0 Å². The van der Waals surface area contributed by atoms with E-state index in [0.29, 0.717) is 6.54 Å². The first-order valence-electron chi connectivity index (χ1n) is 8.06. The molecular formula is C19H22N2O3. The van der Waals surface area contributed by atoms with Crippen molar-refractivity contribution >= 4 is 11.9 Å². The number of nitrogens with zero attached hydrogens (tertiary/aromatic N) is 1. The second-order valence-electron chi connectivity index (χ2n) is 5.52. The number of amides is 1. The lowest BCUT2D eigenvalue weighted by molar-refractivity contribution is -0.129. The molecule has 2 aromatic rings. The highest BCUT2D eigenvalue weighted by molar-refractivity contribution is 5.90. The van der Waals surface area contributed by atoms with Gasteiger partial charge in [0.1, 0.15) is 5.69 Å². The SMILES string of the molecule is CC[C@H](CNC(=O)[C@@H](C)OC(=O)c1ccccn1)c1ccccc1. The lowest BCUT2D eigenvalue weighted by Crippen LogP contribution is -2.38. The van der Waals surface area contributed by atoms with Gasteiger partial charge in [0.15, 0.2) is 6.10 Å². The van der Waals surface area contributed by atoms with Gasteiger partial charge in [0.2, 0.25) is 0 Å². The standard InChI is InChI=1S/C19H22N2O3/c1-3-15(16-9-5-4-6-10-16)13-21-18(22)14(2)24-19(23)17-11-7-8-12-20-17/h4-12,14-15H,3,13H2,1-2H3,(H,21,22)/t14-,15-/m1/s1. The van der Waals surface area contributed by atoms with Crippen LogP contribution in [0.3, 0.4) is 0 Å². The fraction of sp³-hybridized carbons (Fsp3) is 0.316. The molecule has 5 heteroatoms. The average molecular weight is 326 g/mol. The molecule has 1 aromatic heterocycles. The van der Waals surface area contributed by atoms with Crippen LogP contribution in [0.25, 0.3) is 0 Å². The van der Waals surface area contributed by atoms with Crippen LogP contribution >= 0.6 is 0 Å². The van der Waals surface area contributed by atoms with E-state index in [4.69, 9.17) is 4.74 Å². The Morgan fingerprint density at radius 2 is 1.83 bits per heavy atom. The molecule has 1 aromatic carbocycles. The van der Waals surface area contributed by atoms with Gasteiger partial charge in [-0.05, 0) is 31.0 Å². The maximum absolute atomic E-state index is 12.2. The molecule has 1 N–H and O–H groups in total. The summed E-state index contributed by atoms with van der Waals surface area (Å²) in [5, 5.41) is 2.85. The Hall–Kier alpha value is -2.69. The van der Waals surface area contributed by atoms with E-state index in [1.54, 1.807) is 25.1 Å². The lowest BCUT2D eigenvalue weighted by atomic mass is 9.96. The van der Waals surface area contributed by atoms with Crippen molar-refractivity contribution in [1.29, 1.82) is 0 Å². The second-order valence-corrected chi connectivity index (χ2v) is 5.52. The molecule has 1 heterocycles. The number of hydrogen-bond donors (Lipinski definition) is 1. The summed E-state index contributed by atoms with van der Waals surface area (Å²) in [5.41, 5.74) is 1.37. The van der Waals surface area contributed by atoms with Crippen molar-refractivity contribution in [2.24, 2.45) is 0 Å². The van der Waals surface area contributed by atoms with Crippen LogP contribution in [-0.2, 0) is 9.53 Å². The van der Waals surface area contributed by atoms with Crippen molar-refractivity contribution in [3.63, 3.8) is 0 Å². The predicted molar refractivity (Wildman–Crippen MR) is 91.6 cm³/mol. The molecule has 2 atom stereocenters. The van der Waals surface area contributed by atoms with Crippen LogP contribution in [0.2, 0.25) is 0 Å². The van der Waals surface area contributed by atoms with Crippen LogP contribution in [0.15, 0.2) is 54.7 Å². The smallest absolute Gasteiger partial charge is 0.357 e. The largest absolute Gasteiger partial charge is 0.448 e. The quantitative estimate of drug-likeness (QED) is 0.794. The normalized spacial score (nSPS) is 12.9. The van der Waals surface area contributed by atoms with E-state index in [1.165, 1.54) is 11.8 Å². The maximum atomic E-state index is 12.2. The van der Waals surface area contributed by atoms with E-state index in [-0.39, 0.29) is 17.5 Å². The van der Waals surface area contributed by atoms with Crippen molar-refractivity contribution < 1.29 is 14.3 Å². The Morgan fingerprint density at radius 3 is 2.46 bits per heavy atom. The number of nitrogens with one attached hydrogen (secondary N) is 1. The van der Waals surface area contributed by atoms with Gasteiger partial charge in [0, 0.05) is 18.7 Å². The van der Waals surface area contributed by atoms with Gasteiger partial charge in [0.25, 0.3) is 5.91 Å². The van der Waals surface area contributed by atoms with Crippen molar-refractivity contribution in [1.82, 2.24) is 10.3 Å². The number of ether oxygens (including phenoxy) is 1. The third-order valence-corrected chi connectivity index (χ3v) is 3.81. The van der Waals surface area contributed by atoms with E-state index in [0.717, 1.165) is 6.42 Å². The van der Waals surface area contributed by atoms with Crippen molar-refractivity contribution in [3.8, 4) is 0 Å². The van der Waals surface area contributed by atoms with E-state index < -0.39 is 12.1 Å². The van der Waals surface area contributed by atoms with E-state index >= 15 is 0 Å². The molecule has 0 fully saturated rings. The Labute approximate surface area is 142 Å². The summed E-state index contributed by atoms with van der Waals surface area (Å²) >= 11 is 0. The van der Waals surface area contributed by atoms with Gasteiger partial charge in [-0.1, -0.05) is 43.3 Å². The molecule has 5 nitrogen and oxygen atoms in total. The Balaban J connectivity index is 1.86. The van der Waals surface area contributed by atoms with Gasteiger partial charge in [0.05, 0.1) is 0 Å². The third-order valence-electron chi connectivity index (χ3n) is 3.81. The molecule has 0 saturated carbocycles. The molecule has 0 aliphatic heterocycles. The number of pyridine rings is 1. The van der Waals surface area contributed by atoms with Crippen molar-refractivity contribution in [2.75, 3.05) is 6.54 Å². The van der Waals surface area contributed by atoms with Gasteiger partial charge in [-0.2, -0.15) is 0 Å². The first kappa shape index (κ1) is 17.7. The van der Waals surface area contributed by atoms with Crippen molar-refractivity contribution in [2.45, 2.75) is 32.3 Å². The molecule has 0 spiro atoms. The van der Waals surface area contributed by atoms with E-state index in [2.05, 4.69) is 17.2 Å². The highest BCUT2D eigenvalue weighted by Crippen LogP contribution is 2.18. The molecule has 0 radical (unpaired) electrons. The first-order chi connectivity index (χ1) is 11.6. The van der Waals surface area contributed by atoms with Crippen LogP contribution in [0.5, 0.6) is 0 Å². The van der Waals surface area contributed by atoms with E-state index in [1.807, 2.05) is 30.3 Å². The van der Waals surface area contributed by atoms with Gasteiger partial charge in [-0.15, -0.1) is 0 Å². The molecule has 126 valence electrons. The number of carbonyl (C=O) groups is 2. The maximum Gasteiger partial charge on any atom is 0.357 e. The second kappa shape index (κ2) is 8.82. The summed E-state index contributed by atoms with van der Waals surface area (Å²) in [6.45, 7) is 4.14. The highest BCUT2D eigenvalue weighted by atomic mass is 16.5. The molecule has 2 rings (SSSR count). The first-order valence-corrected chi connectivity index (χ1v) is 8.06. The molecular weight excluding hydrogens is 304 g/mol. The molecule has 0 saturated heterocycles. The zero-order chi connectivity index (χ0) is 17.4. The number of benzene rings is 1. The number of rotatable bonds is 7. The van der Waals surface area contributed by atoms with Crippen LogP contribution in [-0.4, -0.2) is 29.5 Å². The van der Waals surface area contributed by atoms with E-state index in [9.17, 15) is 9.59 Å². The zero-order valence-corrected chi connectivity index (χ0v) is 13.9. The van der Waals surface area contributed by atoms with Crippen LogP contribution < -0.4 is 5.32 Å². The van der Waals surface area contributed by atoms with Gasteiger partial charge in [-0.25, -0.2) is 9.78 Å². The predicted octanol–water partition coefficient (Wildman–Crippen LogP) is 2.94. The summed E-state index contributed by atoms with van der Waals surface area (Å²) < 4.78 is 5.16. The minimum Gasteiger partial charge on any atom is -0.448 e. The number of esters is 1. The highest BCUT2D eigenvalue weighted by Gasteiger charge is 2.20. The summed E-state index contributed by atoms with van der Waals surface area (Å²) in [5.74, 6) is -0.684. The summed E-state index contributed by atoms with van der Waals surface area (Å²) in [6, 6.07) is 15.0. The zero-order valence-electron chi connectivity index (χ0n) is 13.9. The fourth-order valence-electron chi connectivity index (χ4n) is 2.35. The Morgan fingerprint density at radius 1 is 1.12 bits per heavy atom. The number of hydrogen-bond acceptors (Lipinski definition) is 4. The van der Waals surface area contributed by atoms with Gasteiger partial charge in [-0.3, -0.25) is 4.79 Å². The summed E-state index contributed by atoms with van der Waals surface area (Å²) in [7, 11) is 0. The topological polar surface area (TPSA) is 68.3 Å². The molecule has 0 unspecified atom stereocenters. The molecule has 0 bridgehead atoms. The minimum absolute atomic E-state index is 0.188. The van der Waals surface area contributed by atoms with Gasteiger partial charge < -0.3 is 10.1 Å². The van der Waals surface area contributed by atoms with Crippen LogP contribution in [0, 0.1) is 0 Å². The molecule has 0 aliphatic carbocycles. The molecule has 24 heavy (non-hydrogen) atoms. The number of carbonyl (C=O) groups excluding carboxylic acids is 2. The fourth-order valence-corrected chi connectivity index (χ4v) is 2.35. The van der Waals surface area contributed by atoms with Crippen molar-refractivity contribution in [3.05, 3.63) is 66.0 Å². The molecule has 0 aliphatic rings. The summed E-state index contributed by atoms with van der Waals surface area (Å²) in [6.07, 6.45) is 1.55. The minimum atomic E-state index is -0.868. The summed E-state index contributed by atoms with van der Waals surface area (Å²) in [4.78, 5) is 28.0. The lowest BCUT2D eigenvalue weighted by Gasteiger charge is -2.18. The number of aromatic nitrogens is 1. The Bertz CT molecular complexity index is 659.